The Morgan fingerprint density at radius 2 is 2.21 bits per heavy atom. The van der Waals surface area contributed by atoms with Crippen LogP contribution in [0.2, 0.25) is 0 Å². The van der Waals surface area contributed by atoms with Gasteiger partial charge in [0, 0.05) is 0 Å². The number of benzene rings is 1. The fourth-order valence-electron chi connectivity index (χ4n) is 1.49. The quantitative estimate of drug-likeness (QED) is 0.708. The van der Waals surface area contributed by atoms with Crippen LogP contribution >= 0.6 is 0 Å². The first-order valence-electron chi connectivity index (χ1n) is 4.33. The van der Waals surface area contributed by atoms with E-state index < -0.39 is 6.04 Å². The van der Waals surface area contributed by atoms with E-state index in [2.05, 4.69) is 10.3 Å². The molecule has 0 saturated heterocycles. The summed E-state index contributed by atoms with van der Waals surface area (Å²) < 4.78 is 0. The van der Waals surface area contributed by atoms with Crippen molar-refractivity contribution in [2.45, 2.75) is 12.6 Å². The average molecular weight is 190 g/mol. The molecule has 0 fully saturated rings. The smallest absolute Gasteiger partial charge is 0.254 e. The Morgan fingerprint density at radius 3 is 2.86 bits per heavy atom. The van der Waals surface area contributed by atoms with Crippen molar-refractivity contribution in [3.63, 3.8) is 0 Å². The van der Waals surface area contributed by atoms with E-state index in [-0.39, 0.29) is 12.5 Å². The van der Waals surface area contributed by atoms with Crippen LogP contribution in [-0.4, -0.2) is 17.4 Å². The summed E-state index contributed by atoms with van der Waals surface area (Å²) in [7, 11) is 0. The Hall–Kier alpha value is -1.68. The lowest BCUT2D eigenvalue weighted by Crippen LogP contribution is -2.20. The van der Waals surface area contributed by atoms with Crippen molar-refractivity contribution in [2.75, 3.05) is 0 Å². The highest BCUT2D eigenvalue weighted by Gasteiger charge is 2.24. The molecule has 0 aliphatic carbocycles. The Labute approximate surface area is 81.3 Å². The van der Waals surface area contributed by atoms with E-state index in [9.17, 15) is 4.79 Å². The Bertz CT molecular complexity index is 387. The number of rotatable bonds is 2. The van der Waals surface area contributed by atoms with Gasteiger partial charge in [-0.1, -0.05) is 24.3 Å². The third-order valence-electron chi connectivity index (χ3n) is 2.20. The highest BCUT2D eigenvalue weighted by molar-refractivity contribution is 5.97. The van der Waals surface area contributed by atoms with Gasteiger partial charge in [-0.05, 0) is 11.1 Å². The van der Waals surface area contributed by atoms with Gasteiger partial charge < -0.3 is 10.4 Å². The monoisotopic (exact) mass is 190 g/mol. The molecule has 4 nitrogen and oxygen atoms in total. The second kappa shape index (κ2) is 3.59. The van der Waals surface area contributed by atoms with Crippen LogP contribution in [-0.2, 0) is 11.4 Å². The first-order valence-corrected chi connectivity index (χ1v) is 4.33. The van der Waals surface area contributed by atoms with E-state index in [0.29, 0.717) is 0 Å². The van der Waals surface area contributed by atoms with Gasteiger partial charge in [-0.3, -0.25) is 9.79 Å². The maximum absolute atomic E-state index is 11.3. The van der Waals surface area contributed by atoms with E-state index in [1.165, 1.54) is 6.34 Å². The number of nitrogens with zero attached hydrogens (tertiary/aromatic N) is 1. The molecule has 1 heterocycles. The molecule has 1 aromatic carbocycles. The molecule has 0 radical (unpaired) electrons. The summed E-state index contributed by atoms with van der Waals surface area (Å²) in [5.41, 5.74) is 1.51. The standard InChI is InChI=1S/C10H10N2O2/c13-5-7-3-1-2-4-8(7)9-10(14)12-6-11-9/h1-4,6,9,13H,5H2,(H,11,12,14). The van der Waals surface area contributed by atoms with Crippen LogP contribution < -0.4 is 5.32 Å². The van der Waals surface area contributed by atoms with Crippen LogP contribution in [0.3, 0.4) is 0 Å². The van der Waals surface area contributed by atoms with E-state index >= 15 is 0 Å². The third-order valence-corrected chi connectivity index (χ3v) is 2.20. The minimum Gasteiger partial charge on any atom is -0.392 e. The molecule has 0 aromatic heterocycles. The molecule has 0 bridgehead atoms. The van der Waals surface area contributed by atoms with E-state index in [4.69, 9.17) is 5.11 Å². The second-order valence-corrected chi connectivity index (χ2v) is 3.05. The van der Waals surface area contributed by atoms with Gasteiger partial charge in [0.15, 0.2) is 6.04 Å². The topological polar surface area (TPSA) is 61.7 Å². The van der Waals surface area contributed by atoms with Crippen molar-refractivity contribution in [1.82, 2.24) is 5.32 Å². The van der Waals surface area contributed by atoms with Gasteiger partial charge in [0.1, 0.15) is 0 Å². The van der Waals surface area contributed by atoms with E-state index in [1.54, 1.807) is 12.1 Å². The molecule has 4 heteroatoms. The van der Waals surface area contributed by atoms with Crippen molar-refractivity contribution in [3.05, 3.63) is 35.4 Å². The van der Waals surface area contributed by atoms with Gasteiger partial charge >= 0.3 is 0 Å². The molecular weight excluding hydrogens is 180 g/mol. The molecule has 0 spiro atoms. The fraction of sp³-hybridized carbons (Fsp3) is 0.200. The lowest BCUT2D eigenvalue weighted by molar-refractivity contribution is -0.120. The molecule has 1 atom stereocenters. The van der Waals surface area contributed by atoms with Crippen molar-refractivity contribution < 1.29 is 9.90 Å². The second-order valence-electron chi connectivity index (χ2n) is 3.05. The van der Waals surface area contributed by atoms with Gasteiger partial charge in [-0.25, -0.2) is 0 Å². The highest BCUT2D eigenvalue weighted by atomic mass is 16.3. The zero-order chi connectivity index (χ0) is 9.97. The molecule has 1 amide bonds. The summed E-state index contributed by atoms with van der Waals surface area (Å²) in [6, 6.07) is 6.74. The lowest BCUT2D eigenvalue weighted by Gasteiger charge is -2.09. The van der Waals surface area contributed by atoms with Gasteiger partial charge in [0.2, 0.25) is 0 Å². The van der Waals surface area contributed by atoms with Gasteiger partial charge in [-0.2, -0.15) is 0 Å². The maximum Gasteiger partial charge on any atom is 0.254 e. The number of carbonyl (C=O) groups excluding carboxylic acids is 1. The molecular formula is C10H10N2O2. The van der Waals surface area contributed by atoms with E-state index in [0.717, 1.165) is 11.1 Å². The molecule has 1 aliphatic rings. The minimum atomic E-state index is -0.502. The Kier molecular flexibility index (Phi) is 2.28. The SMILES string of the molecule is O=C1NC=NC1c1ccccc1CO. The van der Waals surface area contributed by atoms with Crippen molar-refractivity contribution >= 4 is 12.2 Å². The Balaban J connectivity index is 2.40. The summed E-state index contributed by atoms with van der Waals surface area (Å²) in [4.78, 5) is 15.3. The van der Waals surface area contributed by atoms with Crippen LogP contribution in [0, 0.1) is 0 Å². The number of nitrogens with one attached hydrogen (secondary N) is 1. The molecule has 1 aromatic rings. The average Bonchev–Trinajstić information content (AvgIpc) is 2.64. The fourth-order valence-corrected chi connectivity index (χ4v) is 1.49. The Morgan fingerprint density at radius 1 is 1.43 bits per heavy atom. The number of aliphatic hydroxyl groups excluding tert-OH is 1. The summed E-state index contributed by atoms with van der Waals surface area (Å²) in [5.74, 6) is -0.147. The van der Waals surface area contributed by atoms with Crippen molar-refractivity contribution in [1.29, 1.82) is 0 Å². The summed E-state index contributed by atoms with van der Waals surface area (Å²) in [5, 5.41) is 11.6. The molecule has 1 unspecified atom stereocenters. The normalized spacial score (nSPS) is 19.8. The zero-order valence-electron chi connectivity index (χ0n) is 7.47. The number of carbonyl (C=O) groups is 1. The molecule has 2 rings (SSSR count). The van der Waals surface area contributed by atoms with Gasteiger partial charge in [-0.15, -0.1) is 0 Å². The van der Waals surface area contributed by atoms with Crippen LogP contribution in [0.25, 0.3) is 0 Å². The van der Waals surface area contributed by atoms with Crippen molar-refractivity contribution in [3.8, 4) is 0 Å². The van der Waals surface area contributed by atoms with Gasteiger partial charge in [0.05, 0.1) is 12.9 Å². The minimum absolute atomic E-state index is 0.0739. The lowest BCUT2D eigenvalue weighted by atomic mass is 10.0. The predicted octanol–water partition coefficient (Wildman–Crippen LogP) is 0.378. The predicted molar refractivity (Wildman–Crippen MR) is 51.7 cm³/mol. The van der Waals surface area contributed by atoms with Crippen LogP contribution in [0.15, 0.2) is 29.3 Å². The third kappa shape index (κ3) is 1.40. The molecule has 0 saturated carbocycles. The van der Waals surface area contributed by atoms with Crippen LogP contribution in [0.1, 0.15) is 17.2 Å². The maximum atomic E-state index is 11.3. The molecule has 72 valence electrons. The molecule has 2 N–H and O–H groups in total. The first-order chi connectivity index (χ1) is 6.83. The molecule has 14 heavy (non-hydrogen) atoms. The van der Waals surface area contributed by atoms with E-state index in [1.807, 2.05) is 12.1 Å². The summed E-state index contributed by atoms with van der Waals surface area (Å²) in [6.07, 6.45) is 1.39. The number of hydrogen-bond acceptors (Lipinski definition) is 3. The largest absolute Gasteiger partial charge is 0.392 e. The van der Waals surface area contributed by atoms with Crippen LogP contribution in [0.4, 0.5) is 0 Å². The zero-order valence-corrected chi connectivity index (χ0v) is 7.47. The number of aliphatic hydroxyl groups is 1. The van der Waals surface area contributed by atoms with Crippen LogP contribution in [0.5, 0.6) is 0 Å². The van der Waals surface area contributed by atoms with Crippen molar-refractivity contribution in [2.24, 2.45) is 4.99 Å². The van der Waals surface area contributed by atoms with Gasteiger partial charge in [0.25, 0.3) is 5.91 Å². The number of aliphatic imine (C=N–C) groups is 1. The number of hydrogen-bond donors (Lipinski definition) is 2. The first kappa shape index (κ1) is 8.90. The summed E-state index contributed by atoms with van der Waals surface area (Å²) in [6.45, 7) is -0.0739. The number of amides is 1. The molecule has 1 aliphatic heterocycles. The highest BCUT2D eigenvalue weighted by Crippen LogP contribution is 2.23. The summed E-state index contributed by atoms with van der Waals surface area (Å²) >= 11 is 0.